The van der Waals surface area contributed by atoms with Crippen LogP contribution >= 0.6 is 11.6 Å². The van der Waals surface area contributed by atoms with Crippen LogP contribution in [-0.2, 0) is 9.53 Å². The van der Waals surface area contributed by atoms with Crippen molar-refractivity contribution >= 4 is 29.2 Å². The van der Waals surface area contributed by atoms with Gasteiger partial charge in [0.15, 0.2) is 6.10 Å². The Hall–Kier alpha value is -2.60. The first kappa shape index (κ1) is 19.7. The number of carbonyl (C=O) groups is 2. The summed E-state index contributed by atoms with van der Waals surface area (Å²) in [6.07, 6.45) is -0.172. The molecule has 1 atom stereocenters. The molecular weight excluding hydrogens is 361 g/mol. The second-order valence-electron chi connectivity index (χ2n) is 5.53. The van der Waals surface area contributed by atoms with Gasteiger partial charge in [0.1, 0.15) is 11.6 Å². The Kier molecular flexibility index (Phi) is 6.97. The van der Waals surface area contributed by atoms with E-state index in [9.17, 15) is 14.0 Å². The highest BCUT2D eigenvalue weighted by atomic mass is 35.5. The molecule has 0 aliphatic rings. The molecule has 0 saturated heterocycles. The van der Waals surface area contributed by atoms with E-state index in [-0.39, 0.29) is 10.7 Å². The Morgan fingerprint density at radius 1 is 1.19 bits per heavy atom. The van der Waals surface area contributed by atoms with E-state index < -0.39 is 23.8 Å². The standard InChI is InChI=1S/C19H19ClFNO4/c1-3-10-25-15-7-4-13(5-8-15)19(24)26-12(2)18(23)22-17-9-6-14(21)11-16(17)20/h4-9,11-12H,3,10H2,1-2H3,(H,22,23)/t12-/m1/s1. The van der Waals surface area contributed by atoms with Gasteiger partial charge >= 0.3 is 5.97 Å². The quantitative estimate of drug-likeness (QED) is 0.722. The average Bonchev–Trinajstić information content (AvgIpc) is 2.62. The molecule has 1 N–H and O–H groups in total. The van der Waals surface area contributed by atoms with Crippen LogP contribution in [0.1, 0.15) is 30.6 Å². The maximum atomic E-state index is 13.0. The highest BCUT2D eigenvalue weighted by Crippen LogP contribution is 2.22. The lowest BCUT2D eigenvalue weighted by Crippen LogP contribution is -2.30. The van der Waals surface area contributed by atoms with Gasteiger partial charge in [-0.05, 0) is 55.8 Å². The van der Waals surface area contributed by atoms with Crippen LogP contribution in [0, 0.1) is 5.82 Å². The molecule has 2 rings (SSSR count). The van der Waals surface area contributed by atoms with Crippen molar-refractivity contribution in [1.29, 1.82) is 0 Å². The Labute approximate surface area is 156 Å². The number of halogens is 2. The molecule has 0 aliphatic carbocycles. The average molecular weight is 380 g/mol. The minimum atomic E-state index is -1.06. The van der Waals surface area contributed by atoms with Gasteiger partial charge in [-0.1, -0.05) is 18.5 Å². The molecule has 0 heterocycles. The van der Waals surface area contributed by atoms with Crippen molar-refractivity contribution in [3.8, 4) is 5.75 Å². The lowest BCUT2D eigenvalue weighted by Gasteiger charge is -2.14. The third-order valence-electron chi connectivity index (χ3n) is 3.40. The summed E-state index contributed by atoms with van der Waals surface area (Å²) < 4.78 is 23.6. The van der Waals surface area contributed by atoms with Crippen molar-refractivity contribution in [2.75, 3.05) is 11.9 Å². The Morgan fingerprint density at radius 2 is 1.88 bits per heavy atom. The minimum Gasteiger partial charge on any atom is -0.494 e. The second-order valence-corrected chi connectivity index (χ2v) is 5.94. The van der Waals surface area contributed by atoms with E-state index in [4.69, 9.17) is 21.1 Å². The molecule has 2 aromatic rings. The molecule has 0 unspecified atom stereocenters. The van der Waals surface area contributed by atoms with Crippen LogP contribution < -0.4 is 10.1 Å². The third-order valence-corrected chi connectivity index (χ3v) is 3.72. The number of carbonyl (C=O) groups excluding carboxylic acids is 2. The van der Waals surface area contributed by atoms with Crippen LogP contribution in [0.4, 0.5) is 10.1 Å². The van der Waals surface area contributed by atoms with Gasteiger partial charge in [0, 0.05) is 0 Å². The summed E-state index contributed by atoms with van der Waals surface area (Å²) in [5.74, 6) is -1.08. The van der Waals surface area contributed by atoms with E-state index in [1.807, 2.05) is 6.92 Å². The number of anilines is 1. The summed E-state index contributed by atoms with van der Waals surface area (Å²) in [7, 11) is 0. The SMILES string of the molecule is CCCOc1ccc(C(=O)O[C@H](C)C(=O)Nc2ccc(F)cc2Cl)cc1. The van der Waals surface area contributed by atoms with Crippen LogP contribution in [0.3, 0.4) is 0 Å². The highest BCUT2D eigenvalue weighted by molar-refractivity contribution is 6.33. The topological polar surface area (TPSA) is 64.6 Å². The number of hydrogen-bond donors (Lipinski definition) is 1. The Bertz CT molecular complexity index is 780. The zero-order valence-electron chi connectivity index (χ0n) is 14.4. The molecule has 26 heavy (non-hydrogen) atoms. The molecule has 138 valence electrons. The van der Waals surface area contributed by atoms with E-state index in [0.29, 0.717) is 17.9 Å². The molecular formula is C19H19ClFNO4. The zero-order valence-corrected chi connectivity index (χ0v) is 15.2. The number of nitrogens with one attached hydrogen (secondary N) is 1. The van der Waals surface area contributed by atoms with Crippen molar-refractivity contribution in [3.05, 3.63) is 58.9 Å². The van der Waals surface area contributed by atoms with Crippen molar-refractivity contribution < 1.29 is 23.5 Å². The second kappa shape index (κ2) is 9.20. The van der Waals surface area contributed by atoms with Crippen LogP contribution in [0.15, 0.2) is 42.5 Å². The van der Waals surface area contributed by atoms with Gasteiger partial charge in [-0.2, -0.15) is 0 Å². The molecule has 0 aromatic heterocycles. The minimum absolute atomic E-state index is 0.0551. The van der Waals surface area contributed by atoms with Crippen LogP contribution in [-0.4, -0.2) is 24.6 Å². The van der Waals surface area contributed by atoms with Crippen molar-refractivity contribution in [2.45, 2.75) is 26.4 Å². The first-order valence-corrected chi connectivity index (χ1v) is 8.48. The predicted molar refractivity (Wildman–Crippen MR) is 97.1 cm³/mol. The lowest BCUT2D eigenvalue weighted by molar-refractivity contribution is -0.123. The molecule has 0 saturated carbocycles. The van der Waals surface area contributed by atoms with E-state index in [0.717, 1.165) is 12.5 Å². The van der Waals surface area contributed by atoms with Gasteiger partial charge in [0.2, 0.25) is 0 Å². The fraction of sp³-hybridized carbons (Fsp3) is 0.263. The molecule has 0 bridgehead atoms. The molecule has 1 amide bonds. The lowest BCUT2D eigenvalue weighted by atomic mass is 10.2. The van der Waals surface area contributed by atoms with Gasteiger partial charge in [-0.3, -0.25) is 4.79 Å². The summed E-state index contributed by atoms with van der Waals surface area (Å²) in [6.45, 7) is 4.02. The number of amides is 1. The monoisotopic (exact) mass is 379 g/mol. The van der Waals surface area contributed by atoms with Crippen molar-refractivity contribution in [3.63, 3.8) is 0 Å². The van der Waals surface area contributed by atoms with E-state index in [2.05, 4.69) is 5.32 Å². The Balaban J connectivity index is 1.94. The van der Waals surface area contributed by atoms with Crippen molar-refractivity contribution in [1.82, 2.24) is 0 Å². The van der Waals surface area contributed by atoms with E-state index >= 15 is 0 Å². The predicted octanol–water partition coefficient (Wildman–Crippen LogP) is 4.45. The largest absolute Gasteiger partial charge is 0.494 e. The molecule has 0 spiro atoms. The summed E-state index contributed by atoms with van der Waals surface area (Å²) in [6, 6.07) is 10.0. The Morgan fingerprint density at radius 3 is 2.50 bits per heavy atom. The fourth-order valence-corrected chi connectivity index (χ4v) is 2.23. The number of rotatable bonds is 7. The number of benzene rings is 2. The van der Waals surface area contributed by atoms with Crippen LogP contribution in [0.5, 0.6) is 5.75 Å². The fourth-order valence-electron chi connectivity index (χ4n) is 2.01. The molecule has 2 aromatic carbocycles. The van der Waals surface area contributed by atoms with Gasteiger partial charge < -0.3 is 14.8 Å². The van der Waals surface area contributed by atoms with Crippen molar-refractivity contribution in [2.24, 2.45) is 0 Å². The van der Waals surface area contributed by atoms with Gasteiger partial charge in [0.25, 0.3) is 5.91 Å². The molecule has 5 nitrogen and oxygen atoms in total. The summed E-state index contributed by atoms with van der Waals surface area (Å²) in [4.78, 5) is 24.3. The molecule has 7 heteroatoms. The van der Waals surface area contributed by atoms with E-state index in [1.54, 1.807) is 24.3 Å². The van der Waals surface area contributed by atoms with Crippen LogP contribution in [0.25, 0.3) is 0 Å². The number of ether oxygens (including phenoxy) is 2. The molecule has 0 aliphatic heterocycles. The highest BCUT2D eigenvalue weighted by Gasteiger charge is 2.20. The van der Waals surface area contributed by atoms with E-state index in [1.165, 1.54) is 19.1 Å². The number of hydrogen-bond acceptors (Lipinski definition) is 4. The normalized spacial score (nSPS) is 11.5. The summed E-state index contributed by atoms with van der Waals surface area (Å²) in [5, 5.41) is 2.55. The first-order chi connectivity index (χ1) is 12.4. The zero-order chi connectivity index (χ0) is 19.1. The third kappa shape index (κ3) is 5.46. The molecule has 0 radical (unpaired) electrons. The maximum Gasteiger partial charge on any atom is 0.338 e. The first-order valence-electron chi connectivity index (χ1n) is 8.10. The summed E-state index contributed by atoms with van der Waals surface area (Å²) >= 11 is 5.86. The van der Waals surface area contributed by atoms with Crippen LogP contribution in [0.2, 0.25) is 5.02 Å². The van der Waals surface area contributed by atoms with Gasteiger partial charge in [0.05, 0.1) is 22.9 Å². The smallest absolute Gasteiger partial charge is 0.338 e. The van der Waals surface area contributed by atoms with Gasteiger partial charge in [-0.15, -0.1) is 0 Å². The maximum absolute atomic E-state index is 13.0. The van der Waals surface area contributed by atoms with Gasteiger partial charge in [-0.25, -0.2) is 9.18 Å². The number of esters is 1. The summed E-state index contributed by atoms with van der Waals surface area (Å²) in [5.41, 5.74) is 0.534. The molecule has 0 fully saturated rings.